The summed E-state index contributed by atoms with van der Waals surface area (Å²) in [4.78, 5) is 7.36. The van der Waals surface area contributed by atoms with E-state index in [9.17, 15) is 0 Å². The number of hydrogen-bond donors (Lipinski definition) is 2. The minimum atomic E-state index is 0.0745. The Morgan fingerprint density at radius 1 is 0.684 bits per heavy atom. The van der Waals surface area contributed by atoms with Gasteiger partial charge in [0.1, 0.15) is 0 Å². The summed E-state index contributed by atoms with van der Waals surface area (Å²) in [5.74, 6) is 0.406. The van der Waals surface area contributed by atoms with Gasteiger partial charge in [0.25, 0.3) is 0 Å². The molecule has 8 rings (SSSR count). The van der Waals surface area contributed by atoms with Crippen molar-refractivity contribution >= 4 is 57.0 Å². The Hall–Kier alpha value is -4.99. The quantitative estimate of drug-likeness (QED) is 0.148. The summed E-state index contributed by atoms with van der Waals surface area (Å²) in [5.41, 5.74) is 20.6. The summed E-state index contributed by atoms with van der Waals surface area (Å²) in [7, 11) is 2.26. The summed E-state index contributed by atoms with van der Waals surface area (Å²) in [6, 6.07) is 43.2. The van der Waals surface area contributed by atoms with Crippen molar-refractivity contribution in [3.05, 3.63) is 149 Å². The van der Waals surface area contributed by atoms with Gasteiger partial charge in [0.05, 0.1) is 11.2 Å². The number of benzene rings is 6. The average molecular weight is 767 g/mol. The predicted octanol–water partition coefficient (Wildman–Crippen LogP) is 15.9. The number of aryl methyl sites for hydroxylation is 2. The number of aromatic nitrogens is 1. The zero-order valence-electron chi connectivity index (χ0n) is 35.6. The molecule has 1 heterocycles. The van der Waals surface area contributed by atoms with E-state index < -0.39 is 0 Å². The van der Waals surface area contributed by atoms with Crippen molar-refractivity contribution in [1.82, 2.24) is 4.98 Å². The summed E-state index contributed by atoms with van der Waals surface area (Å²) in [5, 5.41) is 2.47. The molecule has 57 heavy (non-hydrogen) atoms. The van der Waals surface area contributed by atoms with Crippen molar-refractivity contribution in [3.63, 3.8) is 0 Å². The third-order valence-corrected chi connectivity index (χ3v) is 13.2. The highest BCUT2D eigenvalue weighted by Gasteiger charge is 2.29. The molecule has 0 spiro atoms. The van der Waals surface area contributed by atoms with Crippen LogP contribution >= 0.6 is 12.6 Å². The number of hydrogen-bond acceptors (Lipinski definition) is 2. The van der Waals surface area contributed by atoms with Gasteiger partial charge in [-0.25, -0.2) is 0 Å². The van der Waals surface area contributed by atoms with Gasteiger partial charge in [0, 0.05) is 39.5 Å². The lowest BCUT2D eigenvalue weighted by Gasteiger charge is -2.32. The number of fused-ring (bicyclic) bond motifs is 4. The Bertz CT molecular complexity index is 2700. The van der Waals surface area contributed by atoms with Crippen LogP contribution in [-0.2, 0) is 5.41 Å². The first-order valence-corrected chi connectivity index (χ1v) is 21.2. The molecule has 290 valence electrons. The van der Waals surface area contributed by atoms with Crippen LogP contribution in [0.3, 0.4) is 0 Å². The number of nitrogens with zero attached hydrogens (tertiary/aromatic N) is 1. The van der Waals surface area contributed by atoms with Crippen LogP contribution in [-0.4, -0.2) is 12.0 Å². The van der Waals surface area contributed by atoms with Crippen molar-refractivity contribution < 1.29 is 0 Å². The minimum absolute atomic E-state index is 0.0745. The Kier molecular flexibility index (Phi) is 10.1. The van der Waals surface area contributed by atoms with E-state index in [4.69, 9.17) is 12.6 Å². The van der Waals surface area contributed by atoms with Crippen molar-refractivity contribution in [2.75, 3.05) is 11.9 Å². The molecular weight excluding hydrogens is 709 g/mol. The van der Waals surface area contributed by atoms with E-state index in [1.807, 2.05) is 0 Å². The summed E-state index contributed by atoms with van der Waals surface area (Å²) in [6.07, 6.45) is 3.31. The molecule has 1 atom stereocenters. The molecule has 0 saturated carbocycles. The fourth-order valence-electron chi connectivity index (χ4n) is 9.35. The van der Waals surface area contributed by atoms with E-state index in [1.165, 1.54) is 89.8 Å². The monoisotopic (exact) mass is 766 g/mol. The average Bonchev–Trinajstić information content (AvgIpc) is 3.57. The van der Waals surface area contributed by atoms with Crippen LogP contribution < -0.4 is 4.90 Å². The maximum Gasteiger partial charge on any atom is 0.0733 e. The van der Waals surface area contributed by atoms with E-state index in [0.717, 1.165) is 34.3 Å². The van der Waals surface area contributed by atoms with Crippen LogP contribution in [0.5, 0.6) is 0 Å². The maximum atomic E-state index is 5.11. The number of H-pyrrole nitrogens is 1. The maximum absolute atomic E-state index is 5.11. The molecule has 1 N–H and O–H groups in total. The van der Waals surface area contributed by atoms with Gasteiger partial charge in [-0.05, 0) is 131 Å². The van der Waals surface area contributed by atoms with E-state index in [-0.39, 0.29) is 5.41 Å². The molecule has 0 bridgehead atoms. The molecule has 1 aromatic heterocycles. The van der Waals surface area contributed by atoms with Crippen LogP contribution in [0, 0.1) is 19.3 Å². The van der Waals surface area contributed by atoms with Crippen LogP contribution in [0.4, 0.5) is 11.4 Å². The van der Waals surface area contributed by atoms with Crippen molar-refractivity contribution in [2.24, 2.45) is 5.41 Å². The van der Waals surface area contributed by atoms with Crippen LogP contribution in [0.15, 0.2) is 120 Å². The highest BCUT2D eigenvalue weighted by Crippen LogP contribution is 2.52. The van der Waals surface area contributed by atoms with E-state index in [1.54, 1.807) is 0 Å². The van der Waals surface area contributed by atoms with Gasteiger partial charge in [0.15, 0.2) is 0 Å². The standard InChI is InChI=1S/C54H58N2S/c1-33-22-27-49(57)46(30-33)42-20-15-19-41(45-32-34(2)38-16-11-12-17-39(38)36(45)4)50(42)44-25-24-43-40-18-13-14-21-47(40)55-51(43)52(44)56(10)48-26-23-37(31-35(48)3)54(8,9)29-28-53(5,6)7/h11-27,30-31,34,55,57H,28-29,32H2,1-10H3. The number of aromatic amines is 1. The Morgan fingerprint density at radius 2 is 1.40 bits per heavy atom. The van der Waals surface area contributed by atoms with Gasteiger partial charge in [0.2, 0.25) is 0 Å². The molecule has 0 saturated heterocycles. The predicted molar refractivity (Wildman–Crippen MR) is 252 cm³/mol. The third-order valence-electron chi connectivity index (χ3n) is 12.8. The molecule has 3 heteroatoms. The number of nitrogens with one attached hydrogen (secondary N) is 1. The van der Waals surface area contributed by atoms with E-state index >= 15 is 0 Å². The zero-order valence-corrected chi connectivity index (χ0v) is 36.5. The topological polar surface area (TPSA) is 19.0 Å². The van der Waals surface area contributed by atoms with E-state index in [2.05, 4.69) is 195 Å². The Morgan fingerprint density at radius 3 is 2.18 bits per heavy atom. The molecule has 0 radical (unpaired) electrons. The first-order chi connectivity index (χ1) is 27.1. The Balaban J connectivity index is 1.41. The van der Waals surface area contributed by atoms with Gasteiger partial charge >= 0.3 is 0 Å². The molecule has 6 aromatic carbocycles. The second kappa shape index (κ2) is 14.7. The van der Waals surface area contributed by atoms with Crippen LogP contribution in [0.2, 0.25) is 0 Å². The second-order valence-electron chi connectivity index (χ2n) is 18.6. The molecule has 2 nitrogen and oxygen atoms in total. The van der Waals surface area contributed by atoms with Gasteiger partial charge in [-0.2, -0.15) is 0 Å². The first-order valence-electron chi connectivity index (χ1n) is 20.7. The number of rotatable bonds is 8. The molecule has 1 unspecified atom stereocenters. The lowest BCUT2D eigenvalue weighted by molar-refractivity contribution is 0.315. The highest BCUT2D eigenvalue weighted by molar-refractivity contribution is 7.80. The van der Waals surface area contributed by atoms with Gasteiger partial charge in [-0.15, -0.1) is 12.6 Å². The molecule has 1 aliphatic rings. The number of para-hydroxylation sites is 1. The highest BCUT2D eigenvalue weighted by atomic mass is 32.1. The van der Waals surface area contributed by atoms with Gasteiger partial charge in [-0.3, -0.25) is 0 Å². The second-order valence-corrected chi connectivity index (χ2v) is 19.1. The lowest BCUT2D eigenvalue weighted by atomic mass is 9.75. The number of anilines is 2. The fraction of sp³-hybridized carbons (Fsp3) is 0.296. The molecule has 1 aliphatic carbocycles. The molecular formula is C54H58N2S. The van der Waals surface area contributed by atoms with Crippen molar-refractivity contribution in [1.29, 1.82) is 0 Å². The minimum Gasteiger partial charge on any atom is -0.353 e. The molecule has 7 aromatic rings. The lowest BCUT2D eigenvalue weighted by Crippen LogP contribution is -2.21. The molecule has 0 fully saturated rings. The van der Waals surface area contributed by atoms with Crippen molar-refractivity contribution in [2.45, 2.75) is 97.8 Å². The van der Waals surface area contributed by atoms with Gasteiger partial charge < -0.3 is 9.88 Å². The fourth-order valence-corrected chi connectivity index (χ4v) is 9.61. The molecule has 0 aliphatic heterocycles. The normalized spacial score (nSPS) is 14.8. The largest absolute Gasteiger partial charge is 0.353 e. The number of thiol groups is 1. The number of allylic oxidation sites excluding steroid dienone is 2. The van der Waals surface area contributed by atoms with Crippen LogP contribution in [0.1, 0.15) is 107 Å². The Labute approximate surface area is 346 Å². The first kappa shape index (κ1) is 38.9. The SMILES string of the molecule is CC1=C(c2cccc(-c3cc(C)ccc3S)c2-c2ccc3c([nH]c4ccccc43)c2N(C)c2ccc(C(C)(C)CCC(C)(C)C)cc2C)CC(C)c2ccccc21. The molecule has 0 amide bonds. The smallest absolute Gasteiger partial charge is 0.0733 e. The van der Waals surface area contributed by atoms with Crippen molar-refractivity contribution in [3.8, 4) is 22.3 Å². The summed E-state index contributed by atoms with van der Waals surface area (Å²) >= 11 is 5.11. The van der Waals surface area contributed by atoms with Gasteiger partial charge in [-0.1, -0.05) is 144 Å². The third kappa shape index (κ3) is 7.14. The zero-order chi connectivity index (χ0) is 40.4. The van der Waals surface area contributed by atoms with Crippen LogP contribution in [0.25, 0.3) is 55.2 Å². The van der Waals surface area contributed by atoms with E-state index in [0.29, 0.717) is 11.3 Å². The summed E-state index contributed by atoms with van der Waals surface area (Å²) in [6.45, 7) is 21.0. The summed E-state index contributed by atoms with van der Waals surface area (Å²) < 4.78 is 0.